The third kappa shape index (κ3) is 7.12. The number of carbonyl (C=O) groups excluding carboxylic acids is 2. The highest BCUT2D eigenvalue weighted by Crippen LogP contribution is 2.14. The number of anilines is 1. The van der Waals surface area contributed by atoms with E-state index in [4.69, 9.17) is 5.11 Å². The molecule has 0 unspecified atom stereocenters. The van der Waals surface area contributed by atoms with Crippen LogP contribution in [0.3, 0.4) is 0 Å². The molecule has 0 aromatic heterocycles. The molecule has 0 saturated heterocycles. The number of thioether (sulfide) groups is 1. The van der Waals surface area contributed by atoms with Gasteiger partial charge in [0.1, 0.15) is 0 Å². The van der Waals surface area contributed by atoms with Gasteiger partial charge in [-0.1, -0.05) is 6.07 Å². The van der Waals surface area contributed by atoms with Gasteiger partial charge >= 0.3 is 5.97 Å². The average molecular weight is 324 g/mol. The van der Waals surface area contributed by atoms with E-state index in [-0.39, 0.29) is 36.3 Å². The van der Waals surface area contributed by atoms with E-state index in [2.05, 4.69) is 10.6 Å². The van der Waals surface area contributed by atoms with E-state index < -0.39 is 5.97 Å². The van der Waals surface area contributed by atoms with Crippen molar-refractivity contribution in [3.63, 3.8) is 0 Å². The van der Waals surface area contributed by atoms with Gasteiger partial charge in [-0.3, -0.25) is 14.4 Å². The van der Waals surface area contributed by atoms with E-state index in [9.17, 15) is 14.4 Å². The first kappa shape index (κ1) is 18.0. The fourth-order valence-electron chi connectivity index (χ4n) is 1.61. The van der Waals surface area contributed by atoms with Crippen molar-refractivity contribution in [2.45, 2.75) is 20.3 Å². The predicted octanol–water partition coefficient (Wildman–Crippen LogP) is 1.57. The van der Waals surface area contributed by atoms with Gasteiger partial charge in [-0.15, -0.1) is 11.8 Å². The van der Waals surface area contributed by atoms with Crippen molar-refractivity contribution < 1.29 is 19.5 Å². The summed E-state index contributed by atoms with van der Waals surface area (Å²) in [4.78, 5) is 33.4. The standard InChI is InChI=1S/C15H20N2O4S/c1-10-3-4-12(7-11(10)2)17-14(19)9-22-8-13(18)16-6-5-15(20)21/h3-4,7H,5-6,8-9H2,1-2H3,(H,16,18)(H,17,19)(H,20,21). The molecule has 0 spiro atoms. The minimum absolute atomic E-state index is 0.101. The zero-order valence-electron chi connectivity index (χ0n) is 12.6. The summed E-state index contributed by atoms with van der Waals surface area (Å²) in [5, 5.41) is 13.7. The second kappa shape index (κ2) is 9.09. The molecule has 0 aliphatic carbocycles. The first-order valence-electron chi connectivity index (χ1n) is 6.82. The number of carbonyl (C=O) groups is 3. The molecule has 0 saturated carbocycles. The second-order valence-corrected chi connectivity index (χ2v) is 5.82. The lowest BCUT2D eigenvalue weighted by atomic mass is 10.1. The lowest BCUT2D eigenvalue weighted by molar-refractivity contribution is -0.136. The van der Waals surface area contributed by atoms with E-state index >= 15 is 0 Å². The SMILES string of the molecule is Cc1ccc(NC(=O)CSCC(=O)NCCC(=O)O)cc1C. The Morgan fingerprint density at radius 3 is 2.41 bits per heavy atom. The van der Waals surface area contributed by atoms with Crippen molar-refractivity contribution in [2.75, 3.05) is 23.4 Å². The van der Waals surface area contributed by atoms with E-state index in [1.165, 1.54) is 11.8 Å². The highest BCUT2D eigenvalue weighted by atomic mass is 32.2. The van der Waals surface area contributed by atoms with Gasteiger partial charge in [-0.2, -0.15) is 0 Å². The number of aryl methyl sites for hydroxylation is 2. The molecule has 22 heavy (non-hydrogen) atoms. The Balaban J connectivity index is 2.24. The fourth-order valence-corrected chi connectivity index (χ4v) is 2.26. The first-order valence-corrected chi connectivity index (χ1v) is 7.97. The number of benzene rings is 1. The van der Waals surface area contributed by atoms with Crippen LogP contribution in [0.1, 0.15) is 17.5 Å². The summed E-state index contributed by atoms with van der Waals surface area (Å²) in [6.45, 7) is 4.07. The summed E-state index contributed by atoms with van der Waals surface area (Å²) in [6.07, 6.45) is -0.107. The Hall–Kier alpha value is -2.02. The number of carboxylic acid groups (broad SMARTS) is 1. The smallest absolute Gasteiger partial charge is 0.305 e. The zero-order chi connectivity index (χ0) is 16.5. The van der Waals surface area contributed by atoms with Crippen LogP contribution in [0.15, 0.2) is 18.2 Å². The highest BCUT2D eigenvalue weighted by Gasteiger charge is 2.07. The molecule has 1 aromatic rings. The highest BCUT2D eigenvalue weighted by molar-refractivity contribution is 8.00. The molecule has 3 N–H and O–H groups in total. The van der Waals surface area contributed by atoms with Crippen molar-refractivity contribution in [3.05, 3.63) is 29.3 Å². The van der Waals surface area contributed by atoms with Crippen molar-refractivity contribution in [2.24, 2.45) is 0 Å². The number of carboxylic acids is 1. The zero-order valence-corrected chi connectivity index (χ0v) is 13.5. The maximum absolute atomic E-state index is 11.8. The summed E-state index contributed by atoms with van der Waals surface area (Å²) in [5.41, 5.74) is 2.99. The van der Waals surface area contributed by atoms with Crippen LogP contribution < -0.4 is 10.6 Å². The van der Waals surface area contributed by atoms with Gasteiger partial charge in [0.25, 0.3) is 0 Å². The van der Waals surface area contributed by atoms with Crippen molar-refractivity contribution >= 4 is 35.2 Å². The Morgan fingerprint density at radius 2 is 1.77 bits per heavy atom. The lowest BCUT2D eigenvalue weighted by Crippen LogP contribution is -2.28. The van der Waals surface area contributed by atoms with Gasteiger partial charge in [0.15, 0.2) is 0 Å². The van der Waals surface area contributed by atoms with Crippen LogP contribution >= 0.6 is 11.8 Å². The van der Waals surface area contributed by atoms with Gasteiger partial charge in [0, 0.05) is 12.2 Å². The predicted molar refractivity (Wildman–Crippen MR) is 87.1 cm³/mol. The Kier molecular flexibility index (Phi) is 7.45. The topological polar surface area (TPSA) is 95.5 Å². The molecule has 0 bridgehead atoms. The van der Waals surface area contributed by atoms with E-state index in [0.29, 0.717) is 0 Å². The van der Waals surface area contributed by atoms with Crippen LogP contribution in [-0.2, 0) is 14.4 Å². The van der Waals surface area contributed by atoms with Gasteiger partial charge < -0.3 is 15.7 Å². The number of hydrogen-bond donors (Lipinski definition) is 3. The monoisotopic (exact) mass is 324 g/mol. The van der Waals surface area contributed by atoms with E-state index in [1.807, 2.05) is 32.0 Å². The molecule has 0 aliphatic heterocycles. The molecule has 0 aliphatic rings. The quantitative estimate of drug-likeness (QED) is 0.674. The Labute approximate surface area is 133 Å². The van der Waals surface area contributed by atoms with E-state index in [1.54, 1.807) is 0 Å². The van der Waals surface area contributed by atoms with Gasteiger partial charge in [0.2, 0.25) is 11.8 Å². The molecule has 0 atom stereocenters. The number of rotatable bonds is 8. The maximum atomic E-state index is 11.8. The summed E-state index contributed by atoms with van der Waals surface area (Å²) in [5.74, 6) is -1.11. The molecular weight excluding hydrogens is 304 g/mol. The third-order valence-electron chi connectivity index (χ3n) is 2.92. The molecule has 0 fully saturated rings. The normalized spacial score (nSPS) is 10.1. The number of amides is 2. The molecule has 0 heterocycles. The second-order valence-electron chi connectivity index (χ2n) is 4.83. The molecule has 1 rings (SSSR count). The number of hydrogen-bond acceptors (Lipinski definition) is 4. The molecule has 2 amide bonds. The maximum Gasteiger partial charge on any atom is 0.305 e. The summed E-state index contributed by atoms with van der Waals surface area (Å²) < 4.78 is 0. The Bertz CT molecular complexity index is 560. The fraction of sp³-hybridized carbons (Fsp3) is 0.400. The lowest BCUT2D eigenvalue weighted by Gasteiger charge is -2.07. The van der Waals surface area contributed by atoms with Crippen molar-refractivity contribution in [1.29, 1.82) is 0 Å². The van der Waals surface area contributed by atoms with Crippen LogP contribution in [0.5, 0.6) is 0 Å². The van der Waals surface area contributed by atoms with Gasteiger partial charge in [-0.25, -0.2) is 0 Å². The first-order chi connectivity index (χ1) is 10.4. The summed E-state index contributed by atoms with van der Waals surface area (Å²) in [6, 6.07) is 5.67. The molecular formula is C15H20N2O4S. The van der Waals surface area contributed by atoms with Crippen LogP contribution in [0, 0.1) is 13.8 Å². The summed E-state index contributed by atoms with van der Waals surface area (Å²) >= 11 is 1.18. The van der Waals surface area contributed by atoms with E-state index in [0.717, 1.165) is 16.8 Å². The number of nitrogens with one attached hydrogen (secondary N) is 2. The van der Waals surface area contributed by atoms with Crippen LogP contribution in [0.4, 0.5) is 5.69 Å². The van der Waals surface area contributed by atoms with Crippen LogP contribution in [-0.4, -0.2) is 40.9 Å². The largest absolute Gasteiger partial charge is 0.481 e. The third-order valence-corrected chi connectivity index (χ3v) is 3.85. The van der Waals surface area contributed by atoms with Crippen LogP contribution in [0.2, 0.25) is 0 Å². The molecule has 120 valence electrons. The Morgan fingerprint density at radius 1 is 1.09 bits per heavy atom. The van der Waals surface area contributed by atoms with Gasteiger partial charge in [0.05, 0.1) is 17.9 Å². The molecule has 1 aromatic carbocycles. The minimum atomic E-state index is -0.958. The molecule has 7 heteroatoms. The van der Waals surface area contributed by atoms with Crippen molar-refractivity contribution in [3.8, 4) is 0 Å². The minimum Gasteiger partial charge on any atom is -0.481 e. The molecule has 0 radical (unpaired) electrons. The average Bonchev–Trinajstić information content (AvgIpc) is 2.42. The number of aliphatic carboxylic acids is 1. The summed E-state index contributed by atoms with van der Waals surface area (Å²) in [7, 11) is 0. The molecule has 6 nitrogen and oxygen atoms in total. The van der Waals surface area contributed by atoms with Gasteiger partial charge in [-0.05, 0) is 37.1 Å². The van der Waals surface area contributed by atoms with Crippen molar-refractivity contribution in [1.82, 2.24) is 5.32 Å². The van der Waals surface area contributed by atoms with Crippen LogP contribution in [0.25, 0.3) is 0 Å².